The van der Waals surface area contributed by atoms with Gasteiger partial charge in [0.15, 0.2) is 0 Å². The number of hydrogen-bond donors (Lipinski definition) is 0. The Morgan fingerprint density at radius 3 is 2.67 bits per heavy atom. The summed E-state index contributed by atoms with van der Waals surface area (Å²) in [6, 6.07) is 28.0. The number of para-hydroxylation sites is 1. The van der Waals surface area contributed by atoms with Crippen molar-refractivity contribution in [2.45, 2.75) is 38.5 Å². The van der Waals surface area contributed by atoms with E-state index in [9.17, 15) is 0 Å². The Morgan fingerprint density at radius 2 is 1.71 bits per heavy atom. The van der Waals surface area contributed by atoms with Gasteiger partial charge in [0, 0.05) is 42.8 Å². The van der Waals surface area contributed by atoms with Crippen LogP contribution >= 0.6 is 11.3 Å². The maximum absolute atomic E-state index is 2.49. The average Bonchev–Trinajstić information content (AvgIpc) is 3.69. The molecule has 45 heavy (non-hydrogen) atoms. The molecular formula is C43H33NS. The molecule has 216 valence electrons. The second kappa shape index (κ2) is 9.19. The Balaban J connectivity index is 1.14. The van der Waals surface area contributed by atoms with Crippen molar-refractivity contribution in [2.75, 3.05) is 0 Å². The van der Waals surface area contributed by atoms with E-state index in [1.807, 2.05) is 11.3 Å². The number of allylic oxidation sites excluding steroid dienone is 9. The van der Waals surface area contributed by atoms with Crippen LogP contribution in [0.15, 0.2) is 121 Å². The van der Waals surface area contributed by atoms with E-state index in [4.69, 9.17) is 0 Å². The summed E-state index contributed by atoms with van der Waals surface area (Å²) in [5, 5.41) is 4.11. The molecule has 1 unspecified atom stereocenters. The van der Waals surface area contributed by atoms with Crippen LogP contribution in [0, 0.1) is 5.92 Å². The van der Waals surface area contributed by atoms with Crippen molar-refractivity contribution in [3.05, 3.63) is 148 Å². The Bertz CT molecular complexity index is 2430. The second-order valence-corrected chi connectivity index (χ2v) is 14.7. The highest BCUT2D eigenvalue weighted by Gasteiger charge is 2.38. The highest BCUT2D eigenvalue weighted by Crippen LogP contribution is 2.54. The van der Waals surface area contributed by atoms with Crippen LogP contribution < -0.4 is 0 Å². The van der Waals surface area contributed by atoms with Gasteiger partial charge in [-0.05, 0) is 100 Å². The first-order valence-corrected chi connectivity index (χ1v) is 17.1. The third kappa shape index (κ3) is 3.55. The van der Waals surface area contributed by atoms with Crippen molar-refractivity contribution in [1.82, 2.24) is 4.57 Å². The molecule has 0 amide bonds. The lowest BCUT2D eigenvalue weighted by atomic mass is 9.80. The predicted molar refractivity (Wildman–Crippen MR) is 194 cm³/mol. The van der Waals surface area contributed by atoms with E-state index in [-0.39, 0.29) is 5.41 Å². The molecule has 2 heterocycles. The minimum atomic E-state index is -0.0885. The zero-order chi connectivity index (χ0) is 29.9. The van der Waals surface area contributed by atoms with Gasteiger partial charge in [0.25, 0.3) is 0 Å². The number of aromatic nitrogens is 1. The Labute approximate surface area is 267 Å². The molecule has 0 fully saturated rings. The number of nitrogens with zero attached hydrogens (tertiary/aromatic N) is 1. The summed E-state index contributed by atoms with van der Waals surface area (Å²) in [6.45, 7) is 4.87. The topological polar surface area (TPSA) is 4.93 Å². The third-order valence-electron chi connectivity index (χ3n) is 10.8. The molecule has 1 nitrogen and oxygen atoms in total. The smallest absolute Gasteiger partial charge is 0.0541 e. The highest BCUT2D eigenvalue weighted by molar-refractivity contribution is 7.19. The summed E-state index contributed by atoms with van der Waals surface area (Å²) in [4.78, 5) is 1.55. The fourth-order valence-electron chi connectivity index (χ4n) is 8.60. The van der Waals surface area contributed by atoms with E-state index in [1.54, 1.807) is 4.88 Å². The van der Waals surface area contributed by atoms with E-state index >= 15 is 0 Å². The van der Waals surface area contributed by atoms with Gasteiger partial charge in [-0.15, -0.1) is 11.3 Å². The highest BCUT2D eigenvalue weighted by atomic mass is 32.1. The molecule has 0 saturated carbocycles. The number of thiophene rings is 1. The van der Waals surface area contributed by atoms with Crippen molar-refractivity contribution in [3.8, 4) is 16.8 Å². The van der Waals surface area contributed by atoms with Crippen LogP contribution in [0.5, 0.6) is 0 Å². The number of benzene rings is 4. The minimum absolute atomic E-state index is 0.0885. The Hall–Kier alpha value is -4.66. The van der Waals surface area contributed by atoms with E-state index in [1.165, 1.54) is 82.1 Å². The summed E-state index contributed by atoms with van der Waals surface area (Å²) < 4.78 is 3.92. The first-order valence-electron chi connectivity index (χ1n) is 16.3. The first kappa shape index (κ1) is 25.6. The molecule has 0 radical (unpaired) electrons. The predicted octanol–water partition coefficient (Wildman–Crippen LogP) is 11.7. The lowest BCUT2D eigenvalue weighted by Gasteiger charge is -2.24. The van der Waals surface area contributed by atoms with E-state index in [0.717, 1.165) is 19.3 Å². The van der Waals surface area contributed by atoms with Crippen LogP contribution in [0.4, 0.5) is 0 Å². The fraction of sp³-hybridized carbons (Fsp3) is 0.163. The number of hydrogen-bond acceptors (Lipinski definition) is 1. The quantitative estimate of drug-likeness (QED) is 0.188. The van der Waals surface area contributed by atoms with Crippen LogP contribution in [0.25, 0.3) is 60.4 Å². The van der Waals surface area contributed by atoms with Crippen LogP contribution in [0.2, 0.25) is 0 Å². The van der Waals surface area contributed by atoms with Crippen LogP contribution in [-0.4, -0.2) is 4.57 Å². The molecule has 0 bridgehead atoms. The molecule has 4 aromatic carbocycles. The maximum atomic E-state index is 2.49. The number of aryl methyl sites for hydroxylation is 1. The monoisotopic (exact) mass is 595 g/mol. The summed E-state index contributed by atoms with van der Waals surface area (Å²) in [5.41, 5.74) is 15.0. The molecule has 0 aliphatic heterocycles. The van der Waals surface area contributed by atoms with E-state index < -0.39 is 0 Å². The van der Waals surface area contributed by atoms with Gasteiger partial charge in [-0.1, -0.05) is 98.9 Å². The van der Waals surface area contributed by atoms with Crippen molar-refractivity contribution in [2.24, 2.45) is 5.92 Å². The standard InChI is InChI=1S/C43H33NS/c1-43(2)36-25-30(18-19-31(36)33-20-22-40-41(42(33)43)34-12-6-8-14-39(34)45-40)44-37-13-7-5-11-32(37)35-24-29(17-21-38(35)44)28-16-15-26-9-3-4-10-27(26)23-28/h3-7,9-13,15-22,24-25,27H,8,14,23H2,1-2H3. The van der Waals surface area contributed by atoms with Gasteiger partial charge < -0.3 is 4.57 Å². The van der Waals surface area contributed by atoms with Gasteiger partial charge in [-0.25, -0.2) is 0 Å². The second-order valence-electron chi connectivity index (χ2n) is 13.6. The summed E-state index contributed by atoms with van der Waals surface area (Å²) in [7, 11) is 0. The van der Waals surface area contributed by atoms with Gasteiger partial charge in [0.2, 0.25) is 0 Å². The molecule has 4 aliphatic carbocycles. The number of rotatable bonds is 2. The lowest BCUT2D eigenvalue weighted by Crippen LogP contribution is -2.16. The first-order chi connectivity index (χ1) is 22.1. The van der Waals surface area contributed by atoms with Gasteiger partial charge in [0.1, 0.15) is 0 Å². The molecule has 10 rings (SSSR count). The fourth-order valence-corrected chi connectivity index (χ4v) is 9.82. The summed E-state index contributed by atoms with van der Waals surface area (Å²) >= 11 is 2.00. The lowest BCUT2D eigenvalue weighted by molar-refractivity contribution is 0.665. The molecular weight excluding hydrogens is 563 g/mol. The van der Waals surface area contributed by atoms with Gasteiger partial charge in [-0.3, -0.25) is 0 Å². The molecule has 0 spiro atoms. The van der Waals surface area contributed by atoms with Crippen molar-refractivity contribution >= 4 is 54.9 Å². The zero-order valence-electron chi connectivity index (χ0n) is 25.6. The molecule has 2 heteroatoms. The van der Waals surface area contributed by atoms with Gasteiger partial charge >= 0.3 is 0 Å². The normalized spacial score (nSPS) is 19.0. The molecule has 6 aromatic rings. The Kier molecular flexibility index (Phi) is 5.24. The third-order valence-corrected chi connectivity index (χ3v) is 12.0. The summed E-state index contributed by atoms with van der Waals surface area (Å²) in [5.74, 6) is 0.475. The molecule has 4 aliphatic rings. The SMILES string of the molecule is CC1(C)c2cc(-n3c4ccccc4c4cc(C5=CC=C6C=CC=CC6C5)ccc43)ccc2-c2ccc3sc4c(c3c21)C=CCC4. The minimum Gasteiger partial charge on any atom is -0.309 e. The van der Waals surface area contributed by atoms with Gasteiger partial charge in [-0.2, -0.15) is 0 Å². The van der Waals surface area contributed by atoms with Crippen molar-refractivity contribution < 1.29 is 0 Å². The Morgan fingerprint density at radius 1 is 0.822 bits per heavy atom. The van der Waals surface area contributed by atoms with Gasteiger partial charge in [0.05, 0.1) is 11.0 Å². The van der Waals surface area contributed by atoms with Crippen LogP contribution in [0.1, 0.15) is 53.8 Å². The molecule has 0 saturated heterocycles. The molecule has 1 atom stereocenters. The number of fused-ring (bicyclic) bond motifs is 11. The van der Waals surface area contributed by atoms with Crippen LogP contribution in [-0.2, 0) is 11.8 Å². The van der Waals surface area contributed by atoms with Crippen molar-refractivity contribution in [1.29, 1.82) is 0 Å². The summed E-state index contributed by atoms with van der Waals surface area (Å²) in [6.07, 6.45) is 21.7. The maximum Gasteiger partial charge on any atom is 0.0541 e. The van der Waals surface area contributed by atoms with E-state index in [0.29, 0.717) is 5.92 Å². The van der Waals surface area contributed by atoms with Crippen molar-refractivity contribution in [3.63, 3.8) is 0 Å². The van der Waals surface area contributed by atoms with E-state index in [2.05, 4.69) is 140 Å². The average molecular weight is 596 g/mol. The molecule has 2 aromatic heterocycles. The molecule has 0 N–H and O–H groups in total. The largest absolute Gasteiger partial charge is 0.309 e. The van der Waals surface area contributed by atoms with Crippen LogP contribution in [0.3, 0.4) is 0 Å². The zero-order valence-corrected chi connectivity index (χ0v) is 26.4.